The highest BCUT2D eigenvalue weighted by Crippen LogP contribution is 2.27. The highest BCUT2D eigenvalue weighted by molar-refractivity contribution is 5.61. The number of anilines is 2. The summed E-state index contributed by atoms with van der Waals surface area (Å²) in [7, 11) is 0. The molecule has 1 aromatic rings. The molecule has 0 aliphatic heterocycles. The van der Waals surface area contributed by atoms with Gasteiger partial charge >= 0.3 is 5.69 Å². The molecule has 8 nitrogen and oxygen atoms in total. The number of nitrogens with zero attached hydrogens (tertiary/aromatic N) is 3. The first kappa shape index (κ1) is 16.1. The number of nitro groups is 1. The Balaban J connectivity index is 3.03. The fourth-order valence-corrected chi connectivity index (χ4v) is 1.69. The first-order valence-electron chi connectivity index (χ1n) is 6.60. The molecule has 0 aromatic carbocycles. The van der Waals surface area contributed by atoms with Crippen molar-refractivity contribution in [2.45, 2.75) is 33.7 Å². The van der Waals surface area contributed by atoms with Gasteiger partial charge in [-0.05, 0) is 27.7 Å². The van der Waals surface area contributed by atoms with Crippen LogP contribution in [0.5, 0.6) is 0 Å². The summed E-state index contributed by atoms with van der Waals surface area (Å²) >= 11 is 0. The first-order valence-corrected chi connectivity index (χ1v) is 6.60. The van der Waals surface area contributed by atoms with Crippen LogP contribution in [-0.2, 0) is 4.74 Å². The molecule has 0 bridgehead atoms. The third-order valence-corrected chi connectivity index (χ3v) is 2.53. The van der Waals surface area contributed by atoms with Crippen LogP contribution in [0.15, 0.2) is 0 Å². The van der Waals surface area contributed by atoms with E-state index < -0.39 is 4.92 Å². The standard InChI is InChI=1S/C12H21N5O3/c1-5-13-12-15-9(4)10(17(18)19)11(16-12)14-8(3)7-20-6-2/h8H,5-7H2,1-4H3,(H2,13,14,15,16). The van der Waals surface area contributed by atoms with Gasteiger partial charge in [0, 0.05) is 19.2 Å². The van der Waals surface area contributed by atoms with Crippen molar-refractivity contribution in [1.29, 1.82) is 0 Å². The molecule has 20 heavy (non-hydrogen) atoms. The van der Waals surface area contributed by atoms with E-state index in [1.807, 2.05) is 20.8 Å². The van der Waals surface area contributed by atoms with E-state index in [2.05, 4.69) is 20.6 Å². The van der Waals surface area contributed by atoms with Crippen LogP contribution >= 0.6 is 0 Å². The number of rotatable bonds is 8. The highest BCUT2D eigenvalue weighted by atomic mass is 16.6. The molecule has 0 saturated heterocycles. The minimum absolute atomic E-state index is 0.0857. The molecule has 0 fully saturated rings. The van der Waals surface area contributed by atoms with E-state index in [9.17, 15) is 10.1 Å². The Morgan fingerprint density at radius 1 is 1.40 bits per heavy atom. The maximum absolute atomic E-state index is 11.1. The van der Waals surface area contributed by atoms with Crippen LogP contribution in [-0.4, -0.2) is 40.7 Å². The van der Waals surface area contributed by atoms with Crippen molar-refractivity contribution in [3.05, 3.63) is 15.8 Å². The minimum Gasteiger partial charge on any atom is -0.380 e. The number of nitrogens with one attached hydrogen (secondary N) is 2. The van der Waals surface area contributed by atoms with Crippen LogP contribution in [0.3, 0.4) is 0 Å². The van der Waals surface area contributed by atoms with Crippen LogP contribution in [0, 0.1) is 17.0 Å². The summed E-state index contributed by atoms with van der Waals surface area (Å²) in [4.78, 5) is 18.9. The van der Waals surface area contributed by atoms with Gasteiger partial charge in [-0.3, -0.25) is 10.1 Å². The molecule has 2 N–H and O–H groups in total. The lowest BCUT2D eigenvalue weighted by molar-refractivity contribution is -0.385. The molecular formula is C12H21N5O3. The molecule has 1 unspecified atom stereocenters. The fraction of sp³-hybridized carbons (Fsp3) is 0.667. The summed E-state index contributed by atoms with van der Waals surface area (Å²) in [5, 5.41) is 17.1. The van der Waals surface area contributed by atoms with Crippen molar-refractivity contribution in [3.8, 4) is 0 Å². The quantitative estimate of drug-likeness (QED) is 0.555. The molecular weight excluding hydrogens is 262 g/mol. The van der Waals surface area contributed by atoms with Crippen LogP contribution in [0.25, 0.3) is 0 Å². The van der Waals surface area contributed by atoms with Gasteiger partial charge in [0.2, 0.25) is 11.8 Å². The maximum Gasteiger partial charge on any atom is 0.332 e. The Labute approximate surface area is 118 Å². The average molecular weight is 283 g/mol. The summed E-state index contributed by atoms with van der Waals surface area (Å²) < 4.78 is 5.28. The second kappa shape index (κ2) is 7.59. The van der Waals surface area contributed by atoms with E-state index in [4.69, 9.17) is 4.74 Å². The van der Waals surface area contributed by atoms with Gasteiger partial charge in [0.05, 0.1) is 11.5 Å². The van der Waals surface area contributed by atoms with Crippen LogP contribution in [0.4, 0.5) is 17.5 Å². The van der Waals surface area contributed by atoms with E-state index in [0.717, 1.165) is 0 Å². The van der Waals surface area contributed by atoms with Crippen LogP contribution in [0.1, 0.15) is 26.5 Å². The van der Waals surface area contributed by atoms with Gasteiger partial charge in [-0.1, -0.05) is 0 Å². The lowest BCUT2D eigenvalue weighted by atomic mass is 10.3. The highest BCUT2D eigenvalue weighted by Gasteiger charge is 2.23. The van der Waals surface area contributed by atoms with Gasteiger partial charge in [0.15, 0.2) is 0 Å². The zero-order valence-corrected chi connectivity index (χ0v) is 12.3. The largest absolute Gasteiger partial charge is 0.380 e. The van der Waals surface area contributed by atoms with Gasteiger partial charge < -0.3 is 15.4 Å². The van der Waals surface area contributed by atoms with Gasteiger partial charge in [-0.25, -0.2) is 4.98 Å². The lowest BCUT2D eigenvalue weighted by Gasteiger charge is -2.15. The molecule has 0 amide bonds. The minimum atomic E-state index is -0.471. The molecule has 1 atom stereocenters. The first-order chi connectivity index (χ1) is 9.49. The van der Waals surface area contributed by atoms with Gasteiger partial charge in [-0.15, -0.1) is 0 Å². The lowest BCUT2D eigenvalue weighted by Crippen LogP contribution is -2.23. The average Bonchev–Trinajstić information content (AvgIpc) is 2.35. The summed E-state index contributed by atoms with van der Waals surface area (Å²) in [6.45, 7) is 8.97. The normalized spacial score (nSPS) is 12.0. The second-order valence-electron chi connectivity index (χ2n) is 4.32. The van der Waals surface area contributed by atoms with E-state index in [1.54, 1.807) is 6.92 Å². The Hall–Kier alpha value is -1.96. The van der Waals surface area contributed by atoms with Crippen molar-refractivity contribution >= 4 is 17.5 Å². The van der Waals surface area contributed by atoms with Crippen LogP contribution < -0.4 is 10.6 Å². The SMILES string of the molecule is CCNc1nc(C)c([N+](=O)[O-])c(NC(C)COCC)n1. The molecule has 8 heteroatoms. The second-order valence-corrected chi connectivity index (χ2v) is 4.32. The van der Waals surface area contributed by atoms with Crippen molar-refractivity contribution in [3.63, 3.8) is 0 Å². The number of hydrogen-bond donors (Lipinski definition) is 2. The van der Waals surface area contributed by atoms with E-state index in [0.29, 0.717) is 31.4 Å². The molecule has 0 aliphatic carbocycles. The fourth-order valence-electron chi connectivity index (χ4n) is 1.69. The maximum atomic E-state index is 11.1. The van der Waals surface area contributed by atoms with Crippen LogP contribution in [0.2, 0.25) is 0 Å². The Morgan fingerprint density at radius 2 is 2.10 bits per heavy atom. The van der Waals surface area contributed by atoms with Crippen molar-refractivity contribution in [1.82, 2.24) is 9.97 Å². The molecule has 1 heterocycles. The number of aromatic nitrogens is 2. The monoisotopic (exact) mass is 283 g/mol. The van der Waals surface area contributed by atoms with E-state index in [1.165, 1.54) is 0 Å². The number of ether oxygens (including phenoxy) is 1. The van der Waals surface area contributed by atoms with Gasteiger partial charge in [-0.2, -0.15) is 4.98 Å². The molecule has 0 spiro atoms. The molecule has 0 aliphatic rings. The third-order valence-electron chi connectivity index (χ3n) is 2.53. The summed E-state index contributed by atoms with van der Waals surface area (Å²) in [5.74, 6) is 0.590. The van der Waals surface area contributed by atoms with Crippen molar-refractivity contribution in [2.24, 2.45) is 0 Å². The molecule has 0 radical (unpaired) electrons. The summed E-state index contributed by atoms with van der Waals surface area (Å²) in [5.41, 5.74) is 0.224. The Bertz CT molecular complexity index is 467. The summed E-state index contributed by atoms with van der Waals surface area (Å²) in [6.07, 6.45) is 0. The molecule has 0 saturated carbocycles. The van der Waals surface area contributed by atoms with E-state index >= 15 is 0 Å². The smallest absolute Gasteiger partial charge is 0.332 e. The zero-order valence-electron chi connectivity index (χ0n) is 12.3. The number of hydrogen-bond acceptors (Lipinski definition) is 7. The third kappa shape index (κ3) is 4.30. The predicted molar refractivity (Wildman–Crippen MR) is 77.2 cm³/mol. The van der Waals surface area contributed by atoms with Crippen molar-refractivity contribution < 1.29 is 9.66 Å². The topological polar surface area (TPSA) is 102 Å². The van der Waals surface area contributed by atoms with Crippen molar-refractivity contribution in [2.75, 3.05) is 30.4 Å². The van der Waals surface area contributed by atoms with E-state index in [-0.39, 0.29) is 17.5 Å². The van der Waals surface area contributed by atoms with Gasteiger partial charge in [0.1, 0.15) is 5.69 Å². The van der Waals surface area contributed by atoms with Gasteiger partial charge in [0.25, 0.3) is 0 Å². The molecule has 112 valence electrons. The predicted octanol–water partition coefficient (Wildman–Crippen LogP) is 1.96. The summed E-state index contributed by atoms with van der Waals surface area (Å²) in [6, 6.07) is -0.0857. The zero-order chi connectivity index (χ0) is 15.1. The molecule has 1 rings (SSSR count). The Kier molecular flexibility index (Phi) is 6.10. The number of aryl methyl sites for hydroxylation is 1. The molecule has 1 aromatic heterocycles. The Morgan fingerprint density at radius 3 is 2.65 bits per heavy atom.